The van der Waals surface area contributed by atoms with Crippen LogP contribution in [0.1, 0.15) is 11.1 Å². The quantitative estimate of drug-likeness (QED) is 0.524. The summed E-state index contributed by atoms with van der Waals surface area (Å²) >= 11 is 5.69. The number of rotatable bonds is 3. The summed E-state index contributed by atoms with van der Waals surface area (Å²) in [6, 6.07) is 9.64. The van der Waals surface area contributed by atoms with Crippen molar-refractivity contribution in [2.24, 2.45) is 5.10 Å². The lowest BCUT2D eigenvalue weighted by Crippen LogP contribution is -2.04. The predicted molar refractivity (Wildman–Crippen MR) is 71.9 cm³/mol. The summed E-state index contributed by atoms with van der Waals surface area (Å²) in [4.78, 5) is 3.94. The van der Waals surface area contributed by atoms with E-state index in [1.165, 1.54) is 18.3 Å². The molecule has 7 heteroatoms. The second kappa shape index (κ2) is 5.92. The van der Waals surface area contributed by atoms with Crippen LogP contribution in [0, 0.1) is 0 Å². The van der Waals surface area contributed by atoms with Crippen LogP contribution in [0.15, 0.2) is 47.6 Å². The van der Waals surface area contributed by atoms with Gasteiger partial charge in [0.05, 0.1) is 11.8 Å². The molecular weight excluding hydrogens is 291 g/mol. The topological polar surface area (TPSA) is 37.3 Å². The Balaban J connectivity index is 2.01. The lowest BCUT2D eigenvalue weighted by atomic mass is 10.1. The van der Waals surface area contributed by atoms with Crippen LogP contribution in [0.5, 0.6) is 0 Å². The average molecular weight is 300 g/mol. The van der Waals surface area contributed by atoms with Gasteiger partial charge in [-0.05, 0) is 29.8 Å². The largest absolute Gasteiger partial charge is 0.416 e. The second-order valence-corrected chi connectivity index (χ2v) is 4.22. The lowest BCUT2D eigenvalue weighted by Gasteiger charge is -2.05. The van der Waals surface area contributed by atoms with Crippen LogP contribution in [0.2, 0.25) is 5.15 Å². The summed E-state index contributed by atoms with van der Waals surface area (Å²) in [5.41, 5.74) is 2.47. The number of anilines is 1. The molecule has 0 radical (unpaired) electrons. The first-order chi connectivity index (χ1) is 9.45. The maximum atomic E-state index is 12.4. The molecule has 0 aliphatic rings. The van der Waals surface area contributed by atoms with Crippen molar-refractivity contribution in [1.29, 1.82) is 0 Å². The molecule has 0 atom stereocenters. The van der Waals surface area contributed by atoms with Crippen molar-refractivity contribution in [3.63, 3.8) is 0 Å². The zero-order valence-electron chi connectivity index (χ0n) is 10.0. The van der Waals surface area contributed by atoms with E-state index in [-0.39, 0.29) is 0 Å². The van der Waals surface area contributed by atoms with E-state index < -0.39 is 11.7 Å². The van der Waals surface area contributed by atoms with Gasteiger partial charge in [-0.2, -0.15) is 18.3 Å². The summed E-state index contributed by atoms with van der Waals surface area (Å²) in [5, 5.41) is 4.19. The minimum absolute atomic E-state index is 0.319. The molecule has 0 amide bonds. The number of halogens is 4. The van der Waals surface area contributed by atoms with E-state index in [9.17, 15) is 13.2 Å². The van der Waals surface area contributed by atoms with Crippen molar-refractivity contribution >= 4 is 23.6 Å². The van der Waals surface area contributed by atoms with Gasteiger partial charge in [-0.1, -0.05) is 29.8 Å². The molecule has 3 nitrogen and oxygen atoms in total. The molecule has 1 N–H and O–H groups in total. The van der Waals surface area contributed by atoms with E-state index in [2.05, 4.69) is 15.5 Å². The van der Waals surface area contributed by atoms with E-state index in [1.54, 1.807) is 18.2 Å². The Morgan fingerprint density at radius 2 is 1.80 bits per heavy atom. The summed E-state index contributed by atoms with van der Waals surface area (Å²) in [6.07, 6.45) is -2.94. The fourth-order valence-electron chi connectivity index (χ4n) is 1.40. The molecule has 0 saturated carbocycles. The van der Waals surface area contributed by atoms with E-state index >= 15 is 0 Å². The van der Waals surface area contributed by atoms with Gasteiger partial charge in [0.25, 0.3) is 0 Å². The fourth-order valence-corrected chi connectivity index (χ4v) is 1.57. The van der Waals surface area contributed by atoms with Crippen LogP contribution in [0.3, 0.4) is 0 Å². The van der Waals surface area contributed by atoms with Crippen molar-refractivity contribution in [3.05, 3.63) is 58.7 Å². The van der Waals surface area contributed by atoms with Gasteiger partial charge in [0.1, 0.15) is 11.0 Å². The average Bonchev–Trinajstić information content (AvgIpc) is 2.38. The van der Waals surface area contributed by atoms with Gasteiger partial charge in [-0.3, -0.25) is 5.43 Å². The highest BCUT2D eigenvalue weighted by Gasteiger charge is 2.29. The number of benzene rings is 1. The number of hydrogen-bond donors (Lipinski definition) is 1. The van der Waals surface area contributed by atoms with Crippen LogP contribution >= 0.6 is 11.6 Å². The number of alkyl halides is 3. The Morgan fingerprint density at radius 1 is 1.10 bits per heavy atom. The maximum absolute atomic E-state index is 12.4. The Bertz CT molecular complexity index is 609. The summed E-state index contributed by atoms with van der Waals surface area (Å²) in [5.74, 6) is 0.445. The van der Waals surface area contributed by atoms with Crippen molar-refractivity contribution in [1.82, 2.24) is 4.98 Å². The van der Waals surface area contributed by atoms with Gasteiger partial charge in [0.15, 0.2) is 0 Å². The van der Waals surface area contributed by atoms with Gasteiger partial charge in [0.2, 0.25) is 0 Å². The molecular formula is C13H9ClF3N3. The van der Waals surface area contributed by atoms with Crippen molar-refractivity contribution in [2.75, 3.05) is 5.43 Å². The molecule has 0 aliphatic heterocycles. The third kappa shape index (κ3) is 3.96. The molecule has 1 aromatic heterocycles. The molecule has 0 aliphatic carbocycles. The highest BCUT2D eigenvalue weighted by atomic mass is 35.5. The highest BCUT2D eigenvalue weighted by molar-refractivity contribution is 6.29. The monoisotopic (exact) mass is 299 g/mol. The van der Waals surface area contributed by atoms with Crippen LogP contribution in [-0.2, 0) is 6.18 Å². The highest BCUT2D eigenvalue weighted by Crippen LogP contribution is 2.28. The summed E-state index contributed by atoms with van der Waals surface area (Å²) in [7, 11) is 0. The number of nitrogens with zero attached hydrogens (tertiary/aromatic N) is 2. The molecule has 1 aromatic carbocycles. The molecule has 0 unspecified atom stereocenters. The predicted octanol–water partition coefficient (Wildman–Crippen LogP) is 4.20. The molecule has 104 valence electrons. The van der Waals surface area contributed by atoms with Crippen molar-refractivity contribution in [3.8, 4) is 0 Å². The summed E-state index contributed by atoms with van der Waals surface area (Å²) in [6.45, 7) is 0. The zero-order chi connectivity index (χ0) is 14.6. The number of nitrogens with one attached hydrogen (secondary N) is 1. The molecule has 2 aromatic rings. The molecule has 0 fully saturated rings. The van der Waals surface area contributed by atoms with E-state index in [1.807, 2.05) is 0 Å². The number of aromatic nitrogens is 1. The fraction of sp³-hybridized carbons (Fsp3) is 0.0769. The molecule has 0 bridgehead atoms. The molecule has 0 spiro atoms. The van der Waals surface area contributed by atoms with Crippen molar-refractivity contribution in [2.45, 2.75) is 6.18 Å². The van der Waals surface area contributed by atoms with E-state index in [0.717, 1.165) is 12.1 Å². The zero-order valence-corrected chi connectivity index (χ0v) is 10.8. The smallest absolute Gasteiger partial charge is 0.261 e. The first-order valence-corrected chi connectivity index (χ1v) is 5.92. The lowest BCUT2D eigenvalue weighted by molar-refractivity contribution is -0.137. The van der Waals surface area contributed by atoms with Gasteiger partial charge in [-0.15, -0.1) is 0 Å². The molecule has 2 rings (SSSR count). The standard InChI is InChI=1S/C13H9ClF3N3/c14-11-2-1-3-12(19-11)20-18-8-9-4-6-10(7-5-9)13(15,16)17/h1-8H,(H,19,20)/b18-8-. The maximum Gasteiger partial charge on any atom is 0.416 e. The van der Waals surface area contributed by atoms with Gasteiger partial charge in [0, 0.05) is 0 Å². The minimum atomic E-state index is -4.33. The number of pyridine rings is 1. The second-order valence-electron chi connectivity index (χ2n) is 3.84. The summed E-state index contributed by atoms with van der Waals surface area (Å²) < 4.78 is 37.1. The van der Waals surface area contributed by atoms with Gasteiger partial charge >= 0.3 is 6.18 Å². The van der Waals surface area contributed by atoms with E-state index in [4.69, 9.17) is 11.6 Å². The van der Waals surface area contributed by atoms with Gasteiger partial charge in [-0.25, -0.2) is 4.98 Å². The Hall–Kier alpha value is -2.08. The van der Waals surface area contributed by atoms with E-state index in [0.29, 0.717) is 16.5 Å². The van der Waals surface area contributed by atoms with Crippen molar-refractivity contribution < 1.29 is 13.2 Å². The van der Waals surface area contributed by atoms with Crippen LogP contribution < -0.4 is 5.43 Å². The third-order valence-corrected chi connectivity index (χ3v) is 2.56. The third-order valence-electron chi connectivity index (χ3n) is 2.35. The SMILES string of the molecule is FC(F)(F)c1ccc(/C=N\Nc2cccc(Cl)n2)cc1. The van der Waals surface area contributed by atoms with Crippen LogP contribution in [-0.4, -0.2) is 11.2 Å². The Kier molecular flexibility index (Phi) is 4.24. The Morgan fingerprint density at radius 3 is 2.40 bits per heavy atom. The molecule has 20 heavy (non-hydrogen) atoms. The normalized spacial score (nSPS) is 11.8. The minimum Gasteiger partial charge on any atom is -0.261 e. The van der Waals surface area contributed by atoms with Gasteiger partial charge < -0.3 is 0 Å². The molecule has 0 saturated heterocycles. The Labute approximate surface area is 118 Å². The first-order valence-electron chi connectivity index (χ1n) is 5.54. The molecule has 1 heterocycles. The van der Waals surface area contributed by atoms with Crippen LogP contribution in [0.25, 0.3) is 0 Å². The number of hydrazone groups is 1. The number of hydrogen-bond acceptors (Lipinski definition) is 3. The van der Waals surface area contributed by atoms with Crippen LogP contribution in [0.4, 0.5) is 19.0 Å². The first kappa shape index (κ1) is 14.3.